The van der Waals surface area contributed by atoms with Crippen LogP contribution in [0.25, 0.3) is 0 Å². The largest absolute Gasteiger partial charge is 0.338 e. The Morgan fingerprint density at radius 3 is 2.95 bits per heavy atom. The van der Waals surface area contributed by atoms with Crippen LogP contribution < -0.4 is 0 Å². The van der Waals surface area contributed by atoms with E-state index in [9.17, 15) is 14.9 Å². The maximum atomic E-state index is 12.5. The van der Waals surface area contributed by atoms with Crippen molar-refractivity contribution in [1.29, 1.82) is 0 Å². The molecule has 2 rings (SSSR count). The first-order chi connectivity index (χ1) is 9.52. The number of halogens is 1. The molecule has 0 bridgehead atoms. The van der Waals surface area contributed by atoms with Crippen LogP contribution in [0.1, 0.15) is 28.8 Å². The maximum Gasteiger partial charge on any atom is 0.282 e. The quantitative estimate of drug-likeness (QED) is 0.482. The number of hydrogen-bond donors (Lipinski definition) is 0. The van der Waals surface area contributed by atoms with E-state index < -0.39 is 4.92 Å². The average molecular weight is 341 g/mol. The first kappa shape index (κ1) is 15.0. The van der Waals surface area contributed by atoms with Gasteiger partial charge in [0.05, 0.1) is 4.92 Å². The highest BCUT2D eigenvalue weighted by atomic mass is 79.9. The van der Waals surface area contributed by atoms with Crippen LogP contribution in [0.4, 0.5) is 5.69 Å². The van der Waals surface area contributed by atoms with Crippen molar-refractivity contribution < 1.29 is 9.72 Å². The molecule has 0 radical (unpaired) electrons. The number of amides is 1. The molecular weight excluding hydrogens is 324 g/mol. The molecule has 0 aromatic heterocycles. The summed E-state index contributed by atoms with van der Waals surface area (Å²) in [4.78, 5) is 24.9. The molecule has 5 nitrogen and oxygen atoms in total. The van der Waals surface area contributed by atoms with Gasteiger partial charge in [-0.05, 0) is 37.3 Å². The molecule has 108 valence electrons. The number of nitrogens with zero attached hydrogens (tertiary/aromatic N) is 2. The lowest BCUT2D eigenvalue weighted by molar-refractivity contribution is -0.385. The van der Waals surface area contributed by atoms with Gasteiger partial charge < -0.3 is 4.90 Å². The van der Waals surface area contributed by atoms with Gasteiger partial charge in [-0.2, -0.15) is 0 Å². The summed E-state index contributed by atoms with van der Waals surface area (Å²) in [5.74, 6) is 0.197. The Bertz CT molecular complexity index is 533. The fraction of sp³-hybridized carbons (Fsp3) is 0.500. The summed E-state index contributed by atoms with van der Waals surface area (Å²) in [6.07, 6.45) is 2.03. The minimum atomic E-state index is -0.488. The van der Waals surface area contributed by atoms with Gasteiger partial charge in [-0.1, -0.05) is 22.0 Å². The lowest BCUT2D eigenvalue weighted by Gasteiger charge is -2.31. The Balaban J connectivity index is 2.28. The molecule has 0 spiro atoms. The van der Waals surface area contributed by atoms with Gasteiger partial charge in [0, 0.05) is 24.5 Å². The fourth-order valence-corrected chi connectivity index (χ4v) is 3.05. The molecule has 1 heterocycles. The summed E-state index contributed by atoms with van der Waals surface area (Å²) < 4.78 is 0. The fourth-order valence-electron chi connectivity index (χ4n) is 2.53. The van der Waals surface area contributed by atoms with Gasteiger partial charge in [0.2, 0.25) is 0 Å². The van der Waals surface area contributed by atoms with Crippen molar-refractivity contribution in [2.24, 2.45) is 5.92 Å². The average Bonchev–Trinajstić information content (AvgIpc) is 2.46. The topological polar surface area (TPSA) is 63.5 Å². The molecule has 1 aromatic rings. The normalized spacial score (nSPS) is 18.9. The van der Waals surface area contributed by atoms with Crippen LogP contribution in [-0.2, 0) is 0 Å². The van der Waals surface area contributed by atoms with E-state index in [1.165, 1.54) is 6.07 Å². The van der Waals surface area contributed by atoms with Crippen LogP contribution in [0.15, 0.2) is 18.2 Å². The van der Waals surface area contributed by atoms with Gasteiger partial charge in [-0.3, -0.25) is 14.9 Å². The second-order valence-electron chi connectivity index (χ2n) is 5.19. The number of alkyl halides is 1. The van der Waals surface area contributed by atoms with E-state index in [-0.39, 0.29) is 17.2 Å². The number of nitro benzene ring substituents is 1. The highest BCUT2D eigenvalue weighted by Crippen LogP contribution is 2.25. The third kappa shape index (κ3) is 3.17. The molecule has 0 saturated carbocycles. The second-order valence-corrected chi connectivity index (χ2v) is 5.84. The SMILES string of the molecule is Cc1ccc([N+](=O)[O-])c(C(=O)N2CCCC(CBr)C2)c1. The predicted molar refractivity (Wildman–Crippen MR) is 80.3 cm³/mol. The van der Waals surface area contributed by atoms with E-state index >= 15 is 0 Å². The Kier molecular flexibility index (Phi) is 4.75. The number of carbonyl (C=O) groups is 1. The van der Waals surface area contributed by atoms with Crippen LogP contribution in [0.5, 0.6) is 0 Å². The molecule has 1 aromatic carbocycles. The number of aryl methyl sites for hydroxylation is 1. The van der Waals surface area contributed by atoms with E-state index in [1.54, 1.807) is 17.0 Å². The van der Waals surface area contributed by atoms with Gasteiger partial charge in [0.15, 0.2) is 0 Å². The number of carbonyl (C=O) groups excluding carboxylic acids is 1. The Labute approximate surface area is 126 Å². The van der Waals surface area contributed by atoms with Gasteiger partial charge in [-0.15, -0.1) is 0 Å². The number of benzene rings is 1. The third-order valence-electron chi connectivity index (χ3n) is 3.60. The minimum Gasteiger partial charge on any atom is -0.338 e. The summed E-state index contributed by atoms with van der Waals surface area (Å²) in [7, 11) is 0. The first-order valence-corrected chi connectivity index (χ1v) is 7.75. The molecule has 0 aliphatic carbocycles. The van der Waals surface area contributed by atoms with Gasteiger partial charge in [-0.25, -0.2) is 0 Å². The first-order valence-electron chi connectivity index (χ1n) is 6.63. The van der Waals surface area contributed by atoms with Crippen molar-refractivity contribution in [1.82, 2.24) is 4.90 Å². The zero-order valence-corrected chi connectivity index (χ0v) is 12.9. The number of nitro groups is 1. The van der Waals surface area contributed by atoms with E-state index in [0.717, 1.165) is 23.7 Å². The molecule has 1 saturated heterocycles. The molecule has 1 aliphatic heterocycles. The van der Waals surface area contributed by atoms with Gasteiger partial charge in [0.25, 0.3) is 11.6 Å². The van der Waals surface area contributed by atoms with Gasteiger partial charge in [0.1, 0.15) is 5.56 Å². The number of likely N-dealkylation sites (tertiary alicyclic amines) is 1. The van der Waals surface area contributed by atoms with Crippen LogP contribution in [-0.4, -0.2) is 34.2 Å². The molecule has 1 unspecified atom stereocenters. The van der Waals surface area contributed by atoms with Crippen LogP contribution in [0.2, 0.25) is 0 Å². The van der Waals surface area contributed by atoms with Crippen molar-refractivity contribution in [3.63, 3.8) is 0 Å². The number of hydrogen-bond acceptors (Lipinski definition) is 3. The van der Waals surface area contributed by atoms with Crippen molar-refractivity contribution in [2.75, 3.05) is 18.4 Å². The molecule has 0 N–H and O–H groups in total. The van der Waals surface area contributed by atoms with E-state index in [2.05, 4.69) is 15.9 Å². The molecule has 6 heteroatoms. The zero-order chi connectivity index (χ0) is 14.7. The summed E-state index contributed by atoms with van der Waals surface area (Å²) in [6.45, 7) is 3.17. The van der Waals surface area contributed by atoms with E-state index in [1.807, 2.05) is 6.92 Å². The number of rotatable bonds is 3. The molecule has 1 aliphatic rings. The molecule has 1 atom stereocenters. The lowest BCUT2D eigenvalue weighted by atomic mass is 9.99. The smallest absolute Gasteiger partial charge is 0.282 e. The summed E-state index contributed by atoms with van der Waals surface area (Å²) >= 11 is 3.45. The van der Waals surface area contributed by atoms with Crippen molar-refractivity contribution in [3.05, 3.63) is 39.4 Å². The lowest BCUT2D eigenvalue weighted by Crippen LogP contribution is -2.40. The van der Waals surface area contributed by atoms with Gasteiger partial charge >= 0.3 is 0 Å². The molecule has 20 heavy (non-hydrogen) atoms. The minimum absolute atomic E-state index is 0.110. The van der Waals surface area contributed by atoms with E-state index in [4.69, 9.17) is 0 Å². The van der Waals surface area contributed by atoms with Crippen LogP contribution in [0.3, 0.4) is 0 Å². The number of piperidine rings is 1. The summed E-state index contributed by atoms with van der Waals surface area (Å²) in [5.41, 5.74) is 0.944. The van der Waals surface area contributed by atoms with Crippen molar-refractivity contribution >= 4 is 27.5 Å². The Morgan fingerprint density at radius 2 is 2.30 bits per heavy atom. The molecule has 1 fully saturated rings. The van der Waals surface area contributed by atoms with Crippen molar-refractivity contribution in [2.45, 2.75) is 19.8 Å². The highest BCUT2D eigenvalue weighted by Gasteiger charge is 2.28. The monoisotopic (exact) mass is 340 g/mol. The van der Waals surface area contributed by atoms with Crippen LogP contribution in [0, 0.1) is 23.0 Å². The van der Waals surface area contributed by atoms with Crippen molar-refractivity contribution in [3.8, 4) is 0 Å². The Hall–Kier alpha value is -1.43. The zero-order valence-electron chi connectivity index (χ0n) is 11.3. The molecule has 1 amide bonds. The summed E-state index contributed by atoms with van der Waals surface area (Å²) in [5, 5.41) is 11.9. The standard InChI is InChI=1S/C14H17BrN2O3/c1-10-4-5-13(17(19)20)12(7-10)14(18)16-6-2-3-11(8-15)9-16/h4-5,7,11H,2-3,6,8-9H2,1H3. The highest BCUT2D eigenvalue weighted by molar-refractivity contribution is 9.09. The Morgan fingerprint density at radius 1 is 1.55 bits per heavy atom. The third-order valence-corrected chi connectivity index (χ3v) is 4.52. The maximum absolute atomic E-state index is 12.5. The second kappa shape index (κ2) is 6.35. The van der Waals surface area contributed by atoms with E-state index in [0.29, 0.717) is 19.0 Å². The predicted octanol–water partition coefficient (Wildman–Crippen LogP) is 3.15. The van der Waals surface area contributed by atoms with Crippen LogP contribution >= 0.6 is 15.9 Å². The molecular formula is C14H17BrN2O3. The summed E-state index contributed by atoms with van der Waals surface area (Å²) in [6, 6.07) is 4.68.